The Morgan fingerprint density at radius 3 is 2.62 bits per heavy atom. The van der Waals surface area contributed by atoms with Crippen LogP contribution in [-0.2, 0) is 0 Å². The van der Waals surface area contributed by atoms with Gasteiger partial charge >= 0.3 is 0 Å². The number of imidazole rings is 1. The molecule has 21 heavy (non-hydrogen) atoms. The van der Waals surface area contributed by atoms with Crippen molar-refractivity contribution < 1.29 is 4.74 Å². The van der Waals surface area contributed by atoms with Gasteiger partial charge in [0, 0.05) is 11.1 Å². The number of hydrogen-bond donors (Lipinski definition) is 1. The Hall–Kier alpha value is -1.49. The first-order valence-corrected chi connectivity index (χ1v) is 7.42. The molecule has 0 spiro atoms. The summed E-state index contributed by atoms with van der Waals surface area (Å²) in [6.45, 7) is 1.91. The summed E-state index contributed by atoms with van der Waals surface area (Å²) in [5, 5.41) is 1.25. The van der Waals surface area contributed by atoms with Gasteiger partial charge < -0.3 is 9.72 Å². The summed E-state index contributed by atoms with van der Waals surface area (Å²) in [5.41, 5.74) is 3.49. The lowest BCUT2D eigenvalue weighted by atomic mass is 10.2. The van der Waals surface area contributed by atoms with Crippen molar-refractivity contribution in [2.24, 2.45) is 0 Å². The van der Waals surface area contributed by atoms with Crippen LogP contribution in [-0.4, -0.2) is 16.7 Å². The van der Waals surface area contributed by atoms with E-state index in [0.717, 1.165) is 28.0 Å². The molecule has 6 heteroatoms. The first-order chi connectivity index (χ1) is 10.0. The summed E-state index contributed by atoms with van der Waals surface area (Å²) in [6.07, 6.45) is 0. The number of ether oxygens (including phenoxy) is 1. The van der Waals surface area contributed by atoms with Crippen LogP contribution in [0.1, 0.15) is 5.56 Å². The van der Waals surface area contributed by atoms with Crippen molar-refractivity contribution >= 4 is 46.5 Å². The fourth-order valence-corrected chi connectivity index (χ4v) is 3.03. The molecule has 3 nitrogen and oxygen atoms in total. The van der Waals surface area contributed by atoms with Crippen LogP contribution in [0.5, 0.6) is 5.75 Å². The van der Waals surface area contributed by atoms with Crippen LogP contribution in [0.25, 0.3) is 16.7 Å². The summed E-state index contributed by atoms with van der Waals surface area (Å²) in [6, 6.07) is 9.37. The molecule has 1 heterocycles. The molecular weight excluding hydrogens is 327 g/mol. The smallest absolute Gasteiger partial charge is 0.182 e. The lowest BCUT2D eigenvalue weighted by Gasteiger charge is -2.10. The largest absolute Gasteiger partial charge is 0.497 e. The van der Waals surface area contributed by atoms with Crippen LogP contribution < -0.4 is 4.74 Å². The maximum absolute atomic E-state index is 6.36. The molecular formula is C15H12Cl2N2OS. The Bertz CT molecular complexity index is 899. The molecule has 0 bridgehead atoms. The number of halogens is 2. The number of nitrogens with zero attached hydrogens (tertiary/aromatic N) is 1. The minimum Gasteiger partial charge on any atom is -0.497 e. The molecule has 0 unspecified atom stereocenters. The van der Waals surface area contributed by atoms with Crippen LogP contribution in [0.4, 0.5) is 0 Å². The van der Waals surface area contributed by atoms with Gasteiger partial charge in [-0.15, -0.1) is 0 Å². The lowest BCUT2D eigenvalue weighted by molar-refractivity contribution is 0.415. The second-order valence-electron chi connectivity index (χ2n) is 4.70. The fourth-order valence-electron chi connectivity index (χ4n) is 2.26. The number of fused-ring (bicyclic) bond motifs is 1. The van der Waals surface area contributed by atoms with Crippen LogP contribution in [0.3, 0.4) is 0 Å². The molecule has 0 atom stereocenters. The molecule has 3 aromatic rings. The molecule has 0 aliphatic heterocycles. The van der Waals surface area contributed by atoms with Gasteiger partial charge in [0.1, 0.15) is 5.75 Å². The summed E-state index contributed by atoms with van der Waals surface area (Å²) >= 11 is 18.0. The number of hydrogen-bond acceptors (Lipinski definition) is 2. The van der Waals surface area contributed by atoms with Crippen molar-refractivity contribution in [1.29, 1.82) is 0 Å². The van der Waals surface area contributed by atoms with Crippen molar-refractivity contribution in [2.45, 2.75) is 6.92 Å². The van der Waals surface area contributed by atoms with Crippen molar-refractivity contribution in [2.75, 3.05) is 7.11 Å². The highest BCUT2D eigenvalue weighted by Crippen LogP contribution is 2.31. The zero-order chi connectivity index (χ0) is 15.1. The highest BCUT2D eigenvalue weighted by Gasteiger charge is 2.12. The quantitative estimate of drug-likeness (QED) is 0.641. The fraction of sp³-hybridized carbons (Fsp3) is 0.133. The molecule has 3 rings (SSSR count). The van der Waals surface area contributed by atoms with E-state index < -0.39 is 0 Å². The number of benzene rings is 2. The molecule has 0 fully saturated rings. The Labute approximate surface area is 137 Å². The predicted molar refractivity (Wildman–Crippen MR) is 89.8 cm³/mol. The first-order valence-electron chi connectivity index (χ1n) is 6.26. The number of H-pyrrole nitrogens is 1. The van der Waals surface area contributed by atoms with E-state index in [4.69, 9.17) is 40.2 Å². The standard InChI is InChI=1S/C15H12Cl2N2OS/c1-8-5-11(17)14(7-10(8)16)19-13-4-3-9(20-2)6-12(13)18-15(19)21/h3-7H,1-2H3,(H,18,21). The third kappa shape index (κ3) is 2.44. The van der Waals surface area contributed by atoms with Crippen LogP contribution in [0.15, 0.2) is 30.3 Å². The molecule has 0 saturated heterocycles. The van der Waals surface area contributed by atoms with Gasteiger partial charge in [-0.05, 0) is 49.0 Å². The topological polar surface area (TPSA) is 29.9 Å². The number of rotatable bonds is 2. The predicted octanol–water partition coefficient (Wildman–Crippen LogP) is 5.31. The van der Waals surface area contributed by atoms with Gasteiger partial charge in [-0.3, -0.25) is 4.57 Å². The zero-order valence-corrected chi connectivity index (χ0v) is 13.7. The van der Waals surface area contributed by atoms with Crippen LogP contribution in [0.2, 0.25) is 10.0 Å². The maximum Gasteiger partial charge on any atom is 0.182 e. The SMILES string of the molecule is COc1ccc2c(c1)[nH]c(=S)n2-c1cc(Cl)c(C)cc1Cl. The minimum atomic E-state index is 0.556. The third-order valence-electron chi connectivity index (χ3n) is 3.36. The van der Waals surface area contributed by atoms with E-state index >= 15 is 0 Å². The van der Waals surface area contributed by atoms with Gasteiger partial charge in [-0.2, -0.15) is 0 Å². The molecule has 0 saturated carbocycles. The van der Waals surface area contributed by atoms with E-state index in [1.54, 1.807) is 7.11 Å². The summed E-state index contributed by atoms with van der Waals surface area (Å²) < 4.78 is 7.65. The van der Waals surface area contributed by atoms with Crippen molar-refractivity contribution in [1.82, 2.24) is 9.55 Å². The lowest BCUT2D eigenvalue weighted by Crippen LogP contribution is -1.96. The highest BCUT2D eigenvalue weighted by atomic mass is 35.5. The summed E-state index contributed by atoms with van der Waals surface area (Å²) in [7, 11) is 1.63. The van der Waals surface area contributed by atoms with Gasteiger partial charge in [-0.25, -0.2) is 0 Å². The number of aromatic amines is 1. The molecule has 0 aliphatic rings. The van der Waals surface area contributed by atoms with Gasteiger partial charge in [-0.1, -0.05) is 23.2 Å². The second kappa shape index (κ2) is 5.37. The van der Waals surface area contributed by atoms with Gasteiger partial charge in [0.15, 0.2) is 4.77 Å². The molecule has 1 aromatic heterocycles. The summed E-state index contributed by atoms with van der Waals surface area (Å²) in [4.78, 5) is 3.16. The Morgan fingerprint density at radius 1 is 1.14 bits per heavy atom. The summed E-state index contributed by atoms with van der Waals surface area (Å²) in [5.74, 6) is 0.763. The molecule has 0 amide bonds. The van der Waals surface area contributed by atoms with E-state index in [0.29, 0.717) is 14.8 Å². The van der Waals surface area contributed by atoms with Crippen LogP contribution >= 0.6 is 35.4 Å². The number of aromatic nitrogens is 2. The number of methoxy groups -OCH3 is 1. The van der Waals surface area contributed by atoms with E-state index in [2.05, 4.69) is 4.98 Å². The number of nitrogens with one attached hydrogen (secondary N) is 1. The molecule has 108 valence electrons. The monoisotopic (exact) mass is 338 g/mol. The van der Waals surface area contributed by atoms with Gasteiger partial charge in [0.25, 0.3) is 0 Å². The van der Waals surface area contributed by atoms with Crippen molar-refractivity contribution in [3.05, 3.63) is 50.7 Å². The average molecular weight is 339 g/mol. The molecule has 2 aromatic carbocycles. The average Bonchev–Trinajstić information content (AvgIpc) is 2.77. The maximum atomic E-state index is 6.36. The van der Waals surface area contributed by atoms with E-state index in [-0.39, 0.29) is 0 Å². The normalized spacial score (nSPS) is 11.0. The second-order valence-corrected chi connectivity index (χ2v) is 5.90. The van der Waals surface area contributed by atoms with E-state index in [1.807, 2.05) is 41.8 Å². The Balaban J connectivity index is 2.33. The first kappa shape index (κ1) is 14.4. The van der Waals surface area contributed by atoms with E-state index in [9.17, 15) is 0 Å². The molecule has 0 radical (unpaired) electrons. The van der Waals surface area contributed by atoms with Crippen molar-refractivity contribution in [3.63, 3.8) is 0 Å². The number of aryl methyl sites for hydroxylation is 1. The minimum absolute atomic E-state index is 0.556. The zero-order valence-electron chi connectivity index (χ0n) is 11.4. The Morgan fingerprint density at radius 2 is 1.90 bits per heavy atom. The van der Waals surface area contributed by atoms with Gasteiger partial charge in [0.2, 0.25) is 0 Å². The van der Waals surface area contributed by atoms with Crippen molar-refractivity contribution in [3.8, 4) is 11.4 Å². The highest BCUT2D eigenvalue weighted by molar-refractivity contribution is 7.71. The van der Waals surface area contributed by atoms with Gasteiger partial charge in [0.05, 0.1) is 28.9 Å². The third-order valence-corrected chi connectivity index (χ3v) is 4.35. The van der Waals surface area contributed by atoms with Crippen LogP contribution in [0, 0.1) is 11.7 Å². The Kier molecular flexibility index (Phi) is 3.69. The van der Waals surface area contributed by atoms with E-state index in [1.165, 1.54) is 0 Å². The molecule has 0 aliphatic carbocycles. The molecule has 1 N–H and O–H groups in total.